The van der Waals surface area contributed by atoms with Crippen LogP contribution in [0.3, 0.4) is 0 Å². The van der Waals surface area contributed by atoms with Gasteiger partial charge in [-0.15, -0.1) is 0 Å². The lowest BCUT2D eigenvalue weighted by Gasteiger charge is -2.19. The highest BCUT2D eigenvalue weighted by Crippen LogP contribution is 2.11. The standard InChI is InChI=1S/C20H20BrN3O3/c21-18-12-16(27-24-18)13-22-20(26)17(11-14-7-3-1-4-8-14)23-19(25)15-9-5-2-6-10-15/h1-10,12,16-17,24H,11,13H2,(H,22,26)(H,23,25)/t16?,17-/m0/s1. The molecule has 2 amide bonds. The molecule has 7 heteroatoms. The molecule has 0 spiro atoms. The van der Waals surface area contributed by atoms with Gasteiger partial charge in [-0.1, -0.05) is 48.5 Å². The molecule has 0 bridgehead atoms. The second-order valence-electron chi connectivity index (χ2n) is 6.10. The lowest BCUT2D eigenvalue weighted by molar-refractivity contribution is -0.123. The van der Waals surface area contributed by atoms with Crippen molar-refractivity contribution in [2.45, 2.75) is 18.6 Å². The molecule has 0 aromatic heterocycles. The summed E-state index contributed by atoms with van der Waals surface area (Å²) in [5.74, 6) is -0.545. The Morgan fingerprint density at radius 3 is 2.37 bits per heavy atom. The van der Waals surface area contributed by atoms with Crippen LogP contribution in [0.1, 0.15) is 15.9 Å². The Labute approximate surface area is 166 Å². The summed E-state index contributed by atoms with van der Waals surface area (Å²) in [6.07, 6.45) is 1.94. The van der Waals surface area contributed by atoms with Crippen LogP contribution in [0.25, 0.3) is 0 Å². The van der Waals surface area contributed by atoms with E-state index in [-0.39, 0.29) is 17.9 Å². The van der Waals surface area contributed by atoms with Crippen molar-refractivity contribution < 1.29 is 14.4 Å². The van der Waals surface area contributed by atoms with Crippen LogP contribution >= 0.6 is 15.9 Å². The molecular weight excluding hydrogens is 410 g/mol. The predicted molar refractivity (Wildman–Crippen MR) is 106 cm³/mol. The van der Waals surface area contributed by atoms with Crippen LogP contribution in [-0.4, -0.2) is 30.5 Å². The Morgan fingerprint density at radius 1 is 1.07 bits per heavy atom. The zero-order valence-electron chi connectivity index (χ0n) is 14.5. The van der Waals surface area contributed by atoms with Gasteiger partial charge < -0.3 is 10.6 Å². The molecule has 3 N–H and O–H groups in total. The first-order valence-electron chi connectivity index (χ1n) is 8.58. The van der Waals surface area contributed by atoms with Gasteiger partial charge in [0, 0.05) is 12.0 Å². The van der Waals surface area contributed by atoms with E-state index in [1.165, 1.54) is 0 Å². The first-order valence-corrected chi connectivity index (χ1v) is 9.37. The number of hydrogen-bond donors (Lipinski definition) is 3. The summed E-state index contributed by atoms with van der Waals surface area (Å²) in [7, 11) is 0. The summed E-state index contributed by atoms with van der Waals surface area (Å²) in [5, 5.41) is 5.67. The fraction of sp³-hybridized carbons (Fsp3) is 0.200. The van der Waals surface area contributed by atoms with Gasteiger partial charge in [0.25, 0.3) is 5.91 Å². The molecule has 140 valence electrons. The highest BCUT2D eigenvalue weighted by Gasteiger charge is 2.23. The summed E-state index contributed by atoms with van der Waals surface area (Å²) in [6, 6.07) is 17.7. The van der Waals surface area contributed by atoms with Crippen molar-refractivity contribution in [2.75, 3.05) is 6.54 Å². The molecule has 0 saturated carbocycles. The smallest absolute Gasteiger partial charge is 0.251 e. The fourth-order valence-electron chi connectivity index (χ4n) is 2.68. The molecule has 1 aliphatic heterocycles. The van der Waals surface area contributed by atoms with E-state index in [1.807, 2.05) is 42.5 Å². The van der Waals surface area contributed by atoms with Gasteiger partial charge in [-0.3, -0.25) is 19.9 Å². The van der Waals surface area contributed by atoms with E-state index in [2.05, 4.69) is 32.0 Å². The summed E-state index contributed by atoms with van der Waals surface area (Å²) in [6.45, 7) is 0.299. The molecule has 0 aliphatic carbocycles. The van der Waals surface area contributed by atoms with Crippen molar-refractivity contribution >= 4 is 27.7 Å². The molecular formula is C20H20BrN3O3. The maximum Gasteiger partial charge on any atom is 0.251 e. The first-order chi connectivity index (χ1) is 13.1. The van der Waals surface area contributed by atoms with Crippen molar-refractivity contribution in [2.24, 2.45) is 0 Å². The number of carbonyl (C=O) groups excluding carboxylic acids is 2. The molecule has 0 saturated heterocycles. The van der Waals surface area contributed by atoms with Crippen LogP contribution in [0.2, 0.25) is 0 Å². The van der Waals surface area contributed by atoms with E-state index >= 15 is 0 Å². The lowest BCUT2D eigenvalue weighted by atomic mass is 10.0. The van der Waals surface area contributed by atoms with Crippen molar-refractivity contribution in [3.63, 3.8) is 0 Å². The van der Waals surface area contributed by atoms with Crippen LogP contribution in [0.15, 0.2) is 71.3 Å². The molecule has 2 aromatic carbocycles. The van der Waals surface area contributed by atoms with E-state index in [1.54, 1.807) is 24.3 Å². The molecule has 1 aliphatic rings. The normalized spacial score (nSPS) is 16.8. The zero-order chi connectivity index (χ0) is 19.1. The van der Waals surface area contributed by atoms with Crippen molar-refractivity contribution in [3.8, 4) is 0 Å². The number of carbonyl (C=O) groups is 2. The highest BCUT2D eigenvalue weighted by atomic mass is 79.9. The summed E-state index contributed by atoms with van der Waals surface area (Å²) < 4.78 is 0.722. The average Bonchev–Trinajstić information content (AvgIpc) is 3.12. The molecule has 0 fully saturated rings. The molecule has 2 aromatic rings. The van der Waals surface area contributed by atoms with Crippen LogP contribution in [-0.2, 0) is 16.1 Å². The maximum atomic E-state index is 12.7. The Balaban J connectivity index is 1.66. The predicted octanol–water partition coefficient (Wildman–Crippen LogP) is 2.28. The van der Waals surface area contributed by atoms with Gasteiger partial charge in [0.1, 0.15) is 16.8 Å². The van der Waals surface area contributed by atoms with Gasteiger partial charge in [-0.25, -0.2) is 0 Å². The van der Waals surface area contributed by atoms with Crippen LogP contribution in [0.4, 0.5) is 0 Å². The van der Waals surface area contributed by atoms with Crippen LogP contribution in [0, 0.1) is 0 Å². The van der Waals surface area contributed by atoms with Gasteiger partial charge in [0.15, 0.2) is 0 Å². The molecule has 1 heterocycles. The highest BCUT2D eigenvalue weighted by molar-refractivity contribution is 9.11. The van der Waals surface area contributed by atoms with Crippen molar-refractivity contribution in [1.82, 2.24) is 16.1 Å². The number of rotatable bonds is 7. The number of hydroxylamine groups is 1. The second-order valence-corrected chi connectivity index (χ2v) is 6.95. The number of amides is 2. The van der Waals surface area contributed by atoms with Gasteiger partial charge in [-0.2, -0.15) is 0 Å². The monoisotopic (exact) mass is 429 g/mol. The van der Waals surface area contributed by atoms with E-state index in [0.717, 1.165) is 10.2 Å². The number of benzene rings is 2. The van der Waals surface area contributed by atoms with Crippen molar-refractivity contribution in [1.29, 1.82) is 0 Å². The fourth-order valence-corrected chi connectivity index (χ4v) is 3.07. The second kappa shape index (κ2) is 9.34. The Hall–Kier alpha value is -2.64. The molecule has 2 atom stereocenters. The topological polar surface area (TPSA) is 79.5 Å². The van der Waals surface area contributed by atoms with E-state index in [9.17, 15) is 9.59 Å². The molecule has 3 rings (SSSR count). The van der Waals surface area contributed by atoms with Gasteiger partial charge >= 0.3 is 0 Å². The zero-order valence-corrected chi connectivity index (χ0v) is 16.1. The Morgan fingerprint density at radius 2 is 1.74 bits per heavy atom. The largest absolute Gasteiger partial charge is 0.351 e. The van der Waals surface area contributed by atoms with Gasteiger partial charge in [-0.05, 0) is 39.7 Å². The van der Waals surface area contributed by atoms with E-state index < -0.39 is 6.04 Å². The number of nitrogens with one attached hydrogen (secondary N) is 3. The maximum absolute atomic E-state index is 12.7. The quantitative estimate of drug-likeness (QED) is 0.589. The SMILES string of the molecule is O=C(N[C@@H](Cc1ccccc1)C(=O)NCC1C=C(Br)NO1)c1ccccc1. The summed E-state index contributed by atoms with van der Waals surface area (Å²) >= 11 is 3.27. The number of halogens is 1. The molecule has 1 unspecified atom stereocenters. The van der Waals surface area contributed by atoms with Gasteiger partial charge in [0.2, 0.25) is 5.91 Å². The average molecular weight is 430 g/mol. The lowest BCUT2D eigenvalue weighted by Crippen LogP contribution is -2.49. The third-order valence-corrected chi connectivity index (χ3v) is 4.48. The summed E-state index contributed by atoms with van der Waals surface area (Å²) in [5.41, 5.74) is 4.15. The van der Waals surface area contributed by atoms with E-state index in [4.69, 9.17) is 4.84 Å². The minimum atomic E-state index is -0.693. The minimum Gasteiger partial charge on any atom is -0.351 e. The molecule has 0 radical (unpaired) electrons. The molecule has 27 heavy (non-hydrogen) atoms. The third-order valence-electron chi connectivity index (χ3n) is 4.06. The Kier molecular flexibility index (Phi) is 6.62. The van der Waals surface area contributed by atoms with Crippen LogP contribution < -0.4 is 16.1 Å². The Bertz CT molecular complexity index is 812. The van der Waals surface area contributed by atoms with E-state index in [0.29, 0.717) is 18.5 Å². The van der Waals surface area contributed by atoms with Crippen molar-refractivity contribution in [3.05, 3.63) is 82.5 Å². The van der Waals surface area contributed by atoms with Gasteiger partial charge in [0.05, 0.1) is 6.54 Å². The number of hydrogen-bond acceptors (Lipinski definition) is 4. The third kappa shape index (κ3) is 5.67. The first kappa shape index (κ1) is 19.1. The molecule has 6 nitrogen and oxygen atoms in total. The minimum absolute atomic E-state index is 0.261. The van der Waals surface area contributed by atoms with Crippen LogP contribution in [0.5, 0.6) is 0 Å². The summed E-state index contributed by atoms with van der Waals surface area (Å²) in [4.78, 5) is 30.5.